The highest BCUT2D eigenvalue weighted by molar-refractivity contribution is 6.18. The molecule has 1 aromatic rings. The number of hydrogen-bond acceptors (Lipinski definition) is 1. The number of para-hydroxylation sites is 1. The van der Waals surface area contributed by atoms with Crippen molar-refractivity contribution in [3.63, 3.8) is 0 Å². The number of hydrogen-bond donors (Lipinski definition) is 0. The molecule has 0 saturated heterocycles. The van der Waals surface area contributed by atoms with Crippen LogP contribution in [0.4, 0.5) is 5.69 Å². The van der Waals surface area contributed by atoms with Gasteiger partial charge in [0.2, 0.25) is 0 Å². The second-order valence-corrected chi connectivity index (χ2v) is 4.01. The number of aliphatic imine (C=N–C) groups is 1. The number of rotatable bonds is 3. The maximum absolute atomic E-state index is 5.69. The van der Waals surface area contributed by atoms with Gasteiger partial charge in [0.1, 0.15) is 0 Å². The summed E-state index contributed by atoms with van der Waals surface area (Å²) in [7, 11) is 0. The summed E-state index contributed by atoms with van der Waals surface area (Å²) in [5.41, 5.74) is 3.52. The van der Waals surface area contributed by atoms with Crippen LogP contribution in [0.15, 0.2) is 35.3 Å². The lowest BCUT2D eigenvalue weighted by molar-refractivity contribution is 0.986. The lowest BCUT2D eigenvalue weighted by atomic mass is 10.1. The Kier molecular flexibility index (Phi) is 3.57. The topological polar surface area (TPSA) is 12.4 Å². The van der Waals surface area contributed by atoms with Crippen molar-refractivity contribution in [2.45, 2.75) is 19.3 Å². The number of allylic oxidation sites excluding steroid dienone is 1. The van der Waals surface area contributed by atoms with E-state index in [-0.39, 0.29) is 0 Å². The van der Waals surface area contributed by atoms with E-state index in [1.54, 1.807) is 0 Å². The van der Waals surface area contributed by atoms with Gasteiger partial charge in [0.25, 0.3) is 0 Å². The summed E-state index contributed by atoms with van der Waals surface area (Å²) in [5.74, 6) is 0.713. The van der Waals surface area contributed by atoms with Crippen LogP contribution < -0.4 is 0 Å². The molecule has 78 valence electrons. The minimum atomic E-state index is 0.713. The molecule has 0 amide bonds. The summed E-state index contributed by atoms with van der Waals surface area (Å²) in [5, 5.41) is 0. The molecule has 0 spiro atoms. The van der Waals surface area contributed by atoms with Gasteiger partial charge < -0.3 is 0 Å². The quantitative estimate of drug-likeness (QED) is 0.676. The van der Waals surface area contributed by atoms with Gasteiger partial charge >= 0.3 is 0 Å². The predicted molar refractivity (Wildman–Crippen MR) is 67.1 cm³/mol. The Labute approximate surface area is 95.5 Å². The fourth-order valence-electron chi connectivity index (χ4n) is 1.70. The summed E-state index contributed by atoms with van der Waals surface area (Å²) in [4.78, 5) is 4.67. The zero-order valence-electron chi connectivity index (χ0n) is 8.62. The van der Waals surface area contributed by atoms with E-state index in [1.165, 1.54) is 11.3 Å². The summed E-state index contributed by atoms with van der Waals surface area (Å²) in [6.07, 6.45) is 7.29. The molecule has 0 radical (unpaired) electrons. The molecule has 0 bridgehead atoms. The van der Waals surface area contributed by atoms with Crippen molar-refractivity contribution in [2.75, 3.05) is 5.88 Å². The zero-order chi connectivity index (χ0) is 10.5. The van der Waals surface area contributed by atoms with Crippen LogP contribution in [0.25, 0.3) is 6.08 Å². The van der Waals surface area contributed by atoms with E-state index >= 15 is 0 Å². The second-order valence-electron chi connectivity index (χ2n) is 3.64. The Morgan fingerprint density at radius 1 is 1.27 bits per heavy atom. The van der Waals surface area contributed by atoms with Crippen LogP contribution in [-0.4, -0.2) is 11.6 Å². The number of fused-ring (bicyclic) bond motifs is 1. The molecule has 0 aliphatic carbocycles. The van der Waals surface area contributed by atoms with Crippen molar-refractivity contribution in [1.29, 1.82) is 0 Å². The summed E-state index contributed by atoms with van der Waals surface area (Å²) in [6, 6.07) is 8.23. The predicted octanol–water partition coefficient (Wildman–Crippen LogP) is 4.20. The first-order chi connectivity index (χ1) is 7.40. The Morgan fingerprint density at radius 2 is 2.13 bits per heavy atom. The van der Waals surface area contributed by atoms with E-state index in [4.69, 9.17) is 11.6 Å². The molecule has 1 nitrogen and oxygen atoms in total. The minimum Gasteiger partial charge on any atom is -0.257 e. The molecule has 1 aliphatic rings. The second kappa shape index (κ2) is 5.13. The van der Waals surface area contributed by atoms with Crippen LogP contribution in [-0.2, 0) is 0 Å². The average molecular weight is 220 g/mol. The van der Waals surface area contributed by atoms with Gasteiger partial charge in [-0.3, -0.25) is 4.99 Å². The van der Waals surface area contributed by atoms with Gasteiger partial charge in [-0.1, -0.05) is 30.4 Å². The largest absolute Gasteiger partial charge is 0.257 e. The maximum Gasteiger partial charge on any atom is 0.0701 e. The number of halogens is 1. The SMILES string of the molecule is ClCCCC1=Nc2ccccc2C=CC1. The molecule has 1 aromatic carbocycles. The molecule has 1 aliphatic heterocycles. The Morgan fingerprint density at radius 3 is 3.00 bits per heavy atom. The van der Waals surface area contributed by atoms with Gasteiger partial charge in [0.05, 0.1) is 5.69 Å². The fraction of sp³-hybridized carbons (Fsp3) is 0.308. The van der Waals surface area contributed by atoms with Crippen molar-refractivity contribution in [2.24, 2.45) is 4.99 Å². The highest BCUT2D eigenvalue weighted by atomic mass is 35.5. The average Bonchev–Trinajstić information content (AvgIpc) is 2.47. The van der Waals surface area contributed by atoms with Gasteiger partial charge in [-0.05, 0) is 24.5 Å². The van der Waals surface area contributed by atoms with Crippen molar-refractivity contribution < 1.29 is 0 Å². The lowest BCUT2D eigenvalue weighted by Crippen LogP contribution is -1.95. The first kappa shape index (κ1) is 10.4. The molecule has 2 rings (SSSR count). The molecular weight excluding hydrogens is 206 g/mol. The van der Waals surface area contributed by atoms with Gasteiger partial charge in [0, 0.05) is 18.0 Å². The van der Waals surface area contributed by atoms with E-state index in [1.807, 2.05) is 12.1 Å². The molecule has 0 fully saturated rings. The van der Waals surface area contributed by atoms with Crippen LogP contribution in [0.2, 0.25) is 0 Å². The summed E-state index contributed by atoms with van der Waals surface area (Å²) >= 11 is 5.69. The van der Waals surface area contributed by atoms with E-state index in [0.717, 1.165) is 24.9 Å². The van der Waals surface area contributed by atoms with Gasteiger partial charge in [-0.25, -0.2) is 0 Å². The van der Waals surface area contributed by atoms with Crippen molar-refractivity contribution in [3.8, 4) is 0 Å². The summed E-state index contributed by atoms with van der Waals surface area (Å²) in [6.45, 7) is 0. The van der Waals surface area contributed by atoms with Crippen molar-refractivity contribution >= 4 is 29.1 Å². The van der Waals surface area contributed by atoms with Gasteiger partial charge in [0.15, 0.2) is 0 Å². The molecule has 0 atom stereocenters. The molecule has 0 unspecified atom stereocenters. The molecule has 0 N–H and O–H groups in total. The molecular formula is C13H14ClN. The Hall–Kier alpha value is -1.08. The highest BCUT2D eigenvalue weighted by Gasteiger charge is 2.04. The van der Waals surface area contributed by atoms with Gasteiger partial charge in [-0.15, -0.1) is 11.6 Å². The van der Waals surface area contributed by atoms with E-state index in [9.17, 15) is 0 Å². The normalized spacial score (nSPS) is 14.3. The highest BCUT2D eigenvalue weighted by Crippen LogP contribution is 2.24. The standard InChI is InChI=1S/C13H14ClN/c14-10-4-8-12-7-3-6-11-5-1-2-9-13(11)15-12/h1-3,5-6,9H,4,7-8,10H2. The third kappa shape index (κ3) is 2.69. The van der Waals surface area contributed by atoms with E-state index < -0.39 is 0 Å². The fourth-order valence-corrected chi connectivity index (χ4v) is 1.83. The van der Waals surface area contributed by atoms with Crippen LogP contribution in [0, 0.1) is 0 Å². The van der Waals surface area contributed by atoms with Gasteiger partial charge in [-0.2, -0.15) is 0 Å². The van der Waals surface area contributed by atoms with Crippen LogP contribution >= 0.6 is 11.6 Å². The molecule has 1 heterocycles. The molecule has 0 saturated carbocycles. The zero-order valence-corrected chi connectivity index (χ0v) is 9.37. The third-order valence-corrected chi connectivity index (χ3v) is 2.73. The Bertz CT molecular complexity index is 393. The number of nitrogens with zero attached hydrogens (tertiary/aromatic N) is 1. The summed E-state index contributed by atoms with van der Waals surface area (Å²) < 4.78 is 0. The minimum absolute atomic E-state index is 0.713. The number of benzene rings is 1. The lowest BCUT2D eigenvalue weighted by Gasteiger charge is -2.02. The molecule has 2 heteroatoms. The smallest absolute Gasteiger partial charge is 0.0701 e. The van der Waals surface area contributed by atoms with Crippen LogP contribution in [0.1, 0.15) is 24.8 Å². The number of alkyl halides is 1. The Balaban J connectivity index is 2.24. The van der Waals surface area contributed by atoms with Crippen LogP contribution in [0.5, 0.6) is 0 Å². The van der Waals surface area contributed by atoms with E-state index in [2.05, 4.69) is 29.3 Å². The molecule has 15 heavy (non-hydrogen) atoms. The maximum atomic E-state index is 5.69. The van der Waals surface area contributed by atoms with E-state index in [0.29, 0.717) is 5.88 Å². The first-order valence-electron chi connectivity index (χ1n) is 5.28. The van der Waals surface area contributed by atoms with Crippen LogP contribution in [0.3, 0.4) is 0 Å². The monoisotopic (exact) mass is 219 g/mol. The third-order valence-electron chi connectivity index (χ3n) is 2.47. The first-order valence-corrected chi connectivity index (χ1v) is 5.81. The van der Waals surface area contributed by atoms with Crippen molar-refractivity contribution in [3.05, 3.63) is 35.9 Å². The van der Waals surface area contributed by atoms with Crippen molar-refractivity contribution in [1.82, 2.24) is 0 Å². The molecule has 0 aromatic heterocycles.